The molecule has 0 heterocycles. The number of nitrogens with zero attached hydrogens (tertiary/aromatic N) is 2. The third-order valence-electron chi connectivity index (χ3n) is 3.27. The third kappa shape index (κ3) is 4.25. The highest BCUT2D eigenvalue weighted by molar-refractivity contribution is 5.80. The van der Waals surface area contributed by atoms with Crippen LogP contribution in [0.4, 0.5) is 0 Å². The molecular formula is C18H22N2O2. The summed E-state index contributed by atoms with van der Waals surface area (Å²) in [6, 6.07) is 14.0. The lowest BCUT2D eigenvalue weighted by atomic mass is 10.1. The number of methoxy groups -OCH3 is 1. The van der Waals surface area contributed by atoms with Gasteiger partial charge in [-0.1, -0.05) is 24.3 Å². The fourth-order valence-corrected chi connectivity index (χ4v) is 1.99. The van der Waals surface area contributed by atoms with Gasteiger partial charge < -0.3 is 14.5 Å². The number of hydrogen-bond donors (Lipinski definition) is 0. The van der Waals surface area contributed by atoms with Crippen LogP contribution in [0.5, 0.6) is 11.5 Å². The summed E-state index contributed by atoms with van der Waals surface area (Å²) in [6.45, 7) is 2.60. The maximum Gasteiger partial charge on any atom is 0.161 e. The van der Waals surface area contributed by atoms with Gasteiger partial charge in [-0.2, -0.15) is 5.10 Å². The highest BCUT2D eigenvalue weighted by Gasteiger charge is 2.06. The van der Waals surface area contributed by atoms with Crippen LogP contribution in [0, 0.1) is 6.92 Å². The summed E-state index contributed by atoms with van der Waals surface area (Å²) in [7, 11) is 5.41. The lowest BCUT2D eigenvalue weighted by molar-refractivity contribution is 0.284. The molecule has 116 valence electrons. The summed E-state index contributed by atoms with van der Waals surface area (Å²) >= 11 is 0. The second kappa shape index (κ2) is 7.50. The van der Waals surface area contributed by atoms with E-state index in [1.165, 1.54) is 11.1 Å². The average Bonchev–Trinajstić information content (AvgIpc) is 2.52. The van der Waals surface area contributed by atoms with Crippen molar-refractivity contribution in [1.82, 2.24) is 5.01 Å². The van der Waals surface area contributed by atoms with Gasteiger partial charge in [0.2, 0.25) is 0 Å². The molecule has 2 aromatic carbocycles. The molecule has 4 heteroatoms. The van der Waals surface area contributed by atoms with E-state index in [2.05, 4.69) is 24.2 Å². The van der Waals surface area contributed by atoms with Crippen molar-refractivity contribution in [2.45, 2.75) is 13.5 Å². The standard InChI is InChI=1S/C18H22N2O2/c1-14-7-5-6-8-16(14)13-22-17-10-9-15(11-18(17)21-4)12-19-20(2)3/h5-12H,13H2,1-4H3/b19-12+. The Labute approximate surface area is 132 Å². The van der Waals surface area contributed by atoms with Crippen LogP contribution in [0.2, 0.25) is 0 Å². The van der Waals surface area contributed by atoms with E-state index in [-0.39, 0.29) is 0 Å². The predicted octanol–water partition coefficient (Wildman–Crippen LogP) is 3.48. The minimum absolute atomic E-state index is 0.522. The van der Waals surface area contributed by atoms with Gasteiger partial charge in [-0.3, -0.25) is 0 Å². The van der Waals surface area contributed by atoms with Crippen molar-refractivity contribution in [1.29, 1.82) is 0 Å². The van der Waals surface area contributed by atoms with Crippen molar-refractivity contribution in [3.05, 3.63) is 59.2 Å². The fraction of sp³-hybridized carbons (Fsp3) is 0.278. The van der Waals surface area contributed by atoms with E-state index >= 15 is 0 Å². The molecule has 0 radical (unpaired) electrons. The largest absolute Gasteiger partial charge is 0.493 e. The first-order valence-electron chi connectivity index (χ1n) is 7.17. The zero-order valence-corrected chi connectivity index (χ0v) is 13.5. The predicted molar refractivity (Wildman–Crippen MR) is 89.8 cm³/mol. The molecule has 0 aliphatic carbocycles. The minimum atomic E-state index is 0.522. The van der Waals surface area contributed by atoms with Gasteiger partial charge in [-0.25, -0.2) is 0 Å². The van der Waals surface area contributed by atoms with Crippen LogP contribution >= 0.6 is 0 Å². The van der Waals surface area contributed by atoms with Crippen molar-refractivity contribution in [2.24, 2.45) is 5.10 Å². The van der Waals surface area contributed by atoms with Crippen molar-refractivity contribution in [3.8, 4) is 11.5 Å². The Morgan fingerprint density at radius 3 is 2.55 bits per heavy atom. The Morgan fingerprint density at radius 1 is 1.09 bits per heavy atom. The fourth-order valence-electron chi connectivity index (χ4n) is 1.99. The lowest BCUT2D eigenvalue weighted by Gasteiger charge is -2.12. The van der Waals surface area contributed by atoms with Gasteiger partial charge in [0.1, 0.15) is 6.61 Å². The Hall–Kier alpha value is -2.49. The molecule has 2 rings (SSSR count). The van der Waals surface area contributed by atoms with E-state index in [4.69, 9.17) is 9.47 Å². The summed E-state index contributed by atoms with van der Waals surface area (Å²) in [5.74, 6) is 1.43. The van der Waals surface area contributed by atoms with E-state index in [9.17, 15) is 0 Å². The van der Waals surface area contributed by atoms with Gasteiger partial charge in [-0.15, -0.1) is 0 Å². The molecule has 0 atom stereocenters. The van der Waals surface area contributed by atoms with Crippen LogP contribution in [0.1, 0.15) is 16.7 Å². The molecule has 0 fully saturated rings. The first kappa shape index (κ1) is 15.9. The van der Waals surface area contributed by atoms with E-state index < -0.39 is 0 Å². The lowest BCUT2D eigenvalue weighted by Crippen LogP contribution is -2.02. The van der Waals surface area contributed by atoms with Gasteiger partial charge in [0.25, 0.3) is 0 Å². The van der Waals surface area contributed by atoms with E-state index in [1.807, 2.05) is 44.4 Å². The molecule has 0 saturated heterocycles. The van der Waals surface area contributed by atoms with Crippen molar-refractivity contribution in [3.63, 3.8) is 0 Å². The Morgan fingerprint density at radius 2 is 1.86 bits per heavy atom. The number of benzene rings is 2. The van der Waals surface area contributed by atoms with Crippen LogP contribution in [0.15, 0.2) is 47.6 Å². The number of hydrogen-bond acceptors (Lipinski definition) is 4. The molecule has 0 N–H and O–H groups in total. The highest BCUT2D eigenvalue weighted by Crippen LogP contribution is 2.28. The number of rotatable bonds is 6. The zero-order valence-electron chi connectivity index (χ0n) is 13.5. The monoisotopic (exact) mass is 298 g/mol. The van der Waals surface area contributed by atoms with Gasteiger partial charge in [-0.05, 0) is 41.8 Å². The number of aryl methyl sites for hydroxylation is 1. The van der Waals surface area contributed by atoms with E-state index in [1.54, 1.807) is 18.3 Å². The Kier molecular flexibility index (Phi) is 5.42. The maximum absolute atomic E-state index is 5.90. The molecule has 0 aliphatic heterocycles. The van der Waals surface area contributed by atoms with Gasteiger partial charge >= 0.3 is 0 Å². The molecule has 0 unspecified atom stereocenters. The first-order valence-corrected chi connectivity index (χ1v) is 7.17. The summed E-state index contributed by atoms with van der Waals surface area (Å²) in [4.78, 5) is 0. The van der Waals surface area contributed by atoms with Crippen molar-refractivity contribution in [2.75, 3.05) is 21.2 Å². The topological polar surface area (TPSA) is 34.1 Å². The van der Waals surface area contributed by atoms with Crippen molar-refractivity contribution >= 4 is 6.21 Å². The van der Waals surface area contributed by atoms with Gasteiger partial charge in [0.05, 0.1) is 13.3 Å². The summed E-state index contributed by atoms with van der Waals surface area (Å²) in [6.07, 6.45) is 1.79. The quantitative estimate of drug-likeness (QED) is 0.605. The van der Waals surface area contributed by atoms with E-state index in [0.29, 0.717) is 12.4 Å². The zero-order chi connectivity index (χ0) is 15.9. The van der Waals surface area contributed by atoms with Crippen LogP contribution < -0.4 is 9.47 Å². The van der Waals surface area contributed by atoms with Crippen molar-refractivity contribution < 1.29 is 9.47 Å². The van der Waals surface area contributed by atoms with E-state index in [0.717, 1.165) is 11.3 Å². The van der Waals surface area contributed by atoms with Crippen LogP contribution in [-0.4, -0.2) is 32.4 Å². The molecule has 2 aromatic rings. The molecule has 22 heavy (non-hydrogen) atoms. The maximum atomic E-state index is 5.90. The van der Waals surface area contributed by atoms with Crippen LogP contribution in [0.25, 0.3) is 0 Å². The molecule has 0 amide bonds. The Bertz CT molecular complexity index is 651. The van der Waals surface area contributed by atoms with Gasteiger partial charge in [0.15, 0.2) is 11.5 Å². The summed E-state index contributed by atoms with van der Waals surface area (Å²) < 4.78 is 11.3. The highest BCUT2D eigenvalue weighted by atomic mass is 16.5. The summed E-state index contributed by atoms with van der Waals surface area (Å²) in [5, 5.41) is 5.96. The summed E-state index contributed by atoms with van der Waals surface area (Å²) in [5.41, 5.74) is 3.35. The normalized spacial score (nSPS) is 10.7. The second-order valence-corrected chi connectivity index (χ2v) is 5.22. The molecule has 0 aliphatic rings. The second-order valence-electron chi connectivity index (χ2n) is 5.22. The smallest absolute Gasteiger partial charge is 0.161 e. The molecular weight excluding hydrogens is 276 g/mol. The average molecular weight is 298 g/mol. The first-order chi connectivity index (χ1) is 10.6. The van der Waals surface area contributed by atoms with Gasteiger partial charge in [0, 0.05) is 14.1 Å². The van der Waals surface area contributed by atoms with Crippen LogP contribution in [-0.2, 0) is 6.61 Å². The van der Waals surface area contributed by atoms with Crippen LogP contribution in [0.3, 0.4) is 0 Å². The molecule has 0 bridgehead atoms. The molecule has 0 spiro atoms. The number of hydrazone groups is 1. The SMILES string of the molecule is COc1cc(/C=N/N(C)C)ccc1OCc1ccccc1C. The molecule has 4 nitrogen and oxygen atoms in total. The molecule has 0 aromatic heterocycles. The molecule has 0 saturated carbocycles. The minimum Gasteiger partial charge on any atom is -0.493 e. The Balaban J connectivity index is 2.12. The number of ether oxygens (including phenoxy) is 2. The third-order valence-corrected chi connectivity index (χ3v) is 3.27.